The van der Waals surface area contributed by atoms with Crippen LogP contribution < -0.4 is 9.44 Å². The number of hydrogen-bond donors (Lipinski definition) is 3. The molecule has 0 saturated heterocycles. The van der Waals surface area contributed by atoms with Crippen molar-refractivity contribution in [1.82, 2.24) is 4.72 Å². The lowest BCUT2D eigenvalue weighted by atomic mass is 10.2. The van der Waals surface area contributed by atoms with Gasteiger partial charge >= 0.3 is 5.97 Å². The van der Waals surface area contributed by atoms with Gasteiger partial charge in [-0.2, -0.15) is 13.1 Å². The predicted molar refractivity (Wildman–Crippen MR) is 69.2 cm³/mol. The first-order valence-corrected chi connectivity index (χ1v) is 7.02. The predicted octanol–water partition coefficient (Wildman–Crippen LogP) is 1.69. The number of aromatic carboxylic acids is 1. The highest BCUT2D eigenvalue weighted by Gasteiger charge is 2.12. The minimum absolute atomic E-state index is 0.00975. The summed E-state index contributed by atoms with van der Waals surface area (Å²) < 4.78 is 27.6. The van der Waals surface area contributed by atoms with E-state index in [9.17, 15) is 13.2 Å². The Morgan fingerprint density at radius 1 is 1.44 bits per heavy atom. The van der Waals surface area contributed by atoms with E-state index >= 15 is 0 Å². The highest BCUT2D eigenvalue weighted by Crippen LogP contribution is 2.23. The van der Waals surface area contributed by atoms with Crippen molar-refractivity contribution >= 4 is 33.5 Å². The van der Waals surface area contributed by atoms with Gasteiger partial charge in [-0.15, -0.1) is 0 Å². The van der Waals surface area contributed by atoms with Crippen LogP contribution in [0.1, 0.15) is 23.7 Å². The first kappa shape index (κ1) is 14.7. The number of hydrogen-bond acceptors (Lipinski definition) is 3. The van der Waals surface area contributed by atoms with Gasteiger partial charge in [0.25, 0.3) is 10.2 Å². The number of carboxylic acid groups (broad SMARTS) is 1. The van der Waals surface area contributed by atoms with Gasteiger partial charge in [-0.25, -0.2) is 4.79 Å². The molecule has 6 nitrogen and oxygen atoms in total. The molecule has 0 aromatic heterocycles. The second kappa shape index (κ2) is 6.03. The number of anilines is 1. The quantitative estimate of drug-likeness (QED) is 0.743. The summed E-state index contributed by atoms with van der Waals surface area (Å²) in [5.41, 5.74) is 0.120. The van der Waals surface area contributed by atoms with Crippen LogP contribution in [0, 0.1) is 0 Å². The summed E-state index contributed by atoms with van der Waals surface area (Å²) >= 11 is 5.80. The lowest BCUT2D eigenvalue weighted by Gasteiger charge is -2.10. The van der Waals surface area contributed by atoms with Gasteiger partial charge < -0.3 is 5.11 Å². The summed E-state index contributed by atoms with van der Waals surface area (Å²) in [5.74, 6) is -1.13. The molecule has 0 spiro atoms. The van der Waals surface area contributed by atoms with Crippen LogP contribution in [0.4, 0.5) is 5.69 Å². The van der Waals surface area contributed by atoms with E-state index in [1.165, 1.54) is 18.2 Å². The first-order chi connectivity index (χ1) is 8.35. The molecule has 0 bridgehead atoms. The van der Waals surface area contributed by atoms with Gasteiger partial charge in [-0.3, -0.25) is 4.72 Å². The standard InChI is InChI=1S/C10H13ClN2O4S/c1-2-5-12-18(16,17)13-9-4-3-7(10(14)15)6-8(9)11/h3-4,6,12-13H,2,5H2,1H3,(H,14,15). The average molecular weight is 293 g/mol. The third kappa shape index (κ3) is 4.17. The molecule has 0 atom stereocenters. The van der Waals surface area contributed by atoms with E-state index in [1.807, 2.05) is 6.92 Å². The third-order valence-electron chi connectivity index (χ3n) is 2.00. The molecule has 0 radical (unpaired) electrons. The van der Waals surface area contributed by atoms with E-state index in [4.69, 9.17) is 16.7 Å². The van der Waals surface area contributed by atoms with Crippen LogP contribution in [0.3, 0.4) is 0 Å². The molecular weight excluding hydrogens is 280 g/mol. The topological polar surface area (TPSA) is 95.5 Å². The number of carboxylic acids is 1. The largest absolute Gasteiger partial charge is 0.478 e. The number of nitrogens with one attached hydrogen (secondary N) is 2. The third-order valence-corrected chi connectivity index (χ3v) is 3.39. The molecule has 1 rings (SSSR count). The van der Waals surface area contributed by atoms with Crippen LogP contribution in [0.25, 0.3) is 0 Å². The molecule has 0 aliphatic heterocycles. The summed E-state index contributed by atoms with van der Waals surface area (Å²) in [5, 5.41) is 8.76. The normalized spacial score (nSPS) is 11.2. The SMILES string of the molecule is CCCNS(=O)(=O)Nc1ccc(C(=O)O)cc1Cl. The highest BCUT2D eigenvalue weighted by molar-refractivity contribution is 7.90. The van der Waals surface area contributed by atoms with E-state index in [0.717, 1.165) is 0 Å². The van der Waals surface area contributed by atoms with Crippen LogP contribution in [-0.2, 0) is 10.2 Å². The van der Waals surface area contributed by atoms with Crippen molar-refractivity contribution < 1.29 is 18.3 Å². The summed E-state index contributed by atoms with van der Waals surface area (Å²) in [6.45, 7) is 2.14. The molecule has 0 aliphatic rings. The maximum absolute atomic E-state index is 11.5. The molecular formula is C10H13ClN2O4S. The Kier molecular flexibility index (Phi) is 4.94. The Balaban J connectivity index is 2.89. The van der Waals surface area contributed by atoms with Crippen molar-refractivity contribution in [3.8, 4) is 0 Å². The van der Waals surface area contributed by atoms with Crippen molar-refractivity contribution in [2.45, 2.75) is 13.3 Å². The number of benzene rings is 1. The molecule has 0 fully saturated rings. The highest BCUT2D eigenvalue weighted by atomic mass is 35.5. The van der Waals surface area contributed by atoms with Crippen LogP contribution in [0.15, 0.2) is 18.2 Å². The van der Waals surface area contributed by atoms with Gasteiger partial charge in [0.15, 0.2) is 0 Å². The van der Waals surface area contributed by atoms with E-state index in [2.05, 4.69) is 9.44 Å². The molecule has 1 aromatic carbocycles. The summed E-state index contributed by atoms with van der Waals surface area (Å²) in [7, 11) is -3.68. The molecule has 100 valence electrons. The zero-order chi connectivity index (χ0) is 13.8. The maximum Gasteiger partial charge on any atom is 0.335 e. The molecule has 1 aromatic rings. The van der Waals surface area contributed by atoms with Crippen LogP contribution in [-0.4, -0.2) is 26.0 Å². The zero-order valence-corrected chi connectivity index (χ0v) is 11.2. The molecule has 3 N–H and O–H groups in total. The Bertz CT molecular complexity index is 545. The lowest BCUT2D eigenvalue weighted by Crippen LogP contribution is -2.30. The van der Waals surface area contributed by atoms with Crippen molar-refractivity contribution in [3.63, 3.8) is 0 Å². The molecule has 0 amide bonds. The van der Waals surface area contributed by atoms with Gasteiger partial charge in [-0.05, 0) is 24.6 Å². The van der Waals surface area contributed by atoms with E-state index in [0.29, 0.717) is 13.0 Å². The van der Waals surface area contributed by atoms with Crippen molar-refractivity contribution in [2.75, 3.05) is 11.3 Å². The van der Waals surface area contributed by atoms with Gasteiger partial charge in [0, 0.05) is 6.54 Å². The molecule has 8 heteroatoms. The van der Waals surface area contributed by atoms with Gasteiger partial charge in [0.2, 0.25) is 0 Å². The van der Waals surface area contributed by atoms with Crippen molar-refractivity contribution in [2.24, 2.45) is 0 Å². The molecule has 0 saturated carbocycles. The van der Waals surface area contributed by atoms with E-state index in [1.54, 1.807) is 0 Å². The van der Waals surface area contributed by atoms with E-state index in [-0.39, 0.29) is 16.3 Å². The number of carbonyl (C=O) groups is 1. The van der Waals surface area contributed by atoms with Gasteiger partial charge in [-0.1, -0.05) is 18.5 Å². The summed E-state index contributed by atoms with van der Waals surface area (Å²) in [6, 6.07) is 3.75. The first-order valence-electron chi connectivity index (χ1n) is 5.16. The zero-order valence-electron chi connectivity index (χ0n) is 9.60. The Morgan fingerprint density at radius 2 is 2.11 bits per heavy atom. The Labute approximate surface area is 110 Å². The minimum atomic E-state index is -3.68. The van der Waals surface area contributed by atoms with Gasteiger partial charge in [0.05, 0.1) is 16.3 Å². The van der Waals surface area contributed by atoms with Crippen LogP contribution in [0.2, 0.25) is 5.02 Å². The number of rotatable bonds is 6. The molecule has 18 heavy (non-hydrogen) atoms. The molecule has 0 aliphatic carbocycles. The van der Waals surface area contributed by atoms with Crippen molar-refractivity contribution in [1.29, 1.82) is 0 Å². The van der Waals surface area contributed by atoms with Crippen LogP contribution in [0.5, 0.6) is 0 Å². The average Bonchev–Trinajstić information content (AvgIpc) is 2.29. The van der Waals surface area contributed by atoms with E-state index < -0.39 is 16.2 Å². The monoisotopic (exact) mass is 292 g/mol. The van der Waals surface area contributed by atoms with Crippen LogP contribution >= 0.6 is 11.6 Å². The summed E-state index contributed by atoms with van der Waals surface area (Å²) in [6.07, 6.45) is 0.659. The number of halogens is 1. The second-order valence-corrected chi connectivity index (χ2v) is 5.41. The molecule has 0 heterocycles. The minimum Gasteiger partial charge on any atom is -0.478 e. The summed E-state index contributed by atoms with van der Waals surface area (Å²) in [4.78, 5) is 10.7. The second-order valence-electron chi connectivity index (χ2n) is 3.50. The smallest absolute Gasteiger partial charge is 0.335 e. The van der Waals surface area contributed by atoms with Gasteiger partial charge in [0.1, 0.15) is 0 Å². The van der Waals surface area contributed by atoms with Crippen molar-refractivity contribution in [3.05, 3.63) is 28.8 Å². The lowest BCUT2D eigenvalue weighted by molar-refractivity contribution is 0.0697. The fourth-order valence-corrected chi connectivity index (χ4v) is 2.44. The Morgan fingerprint density at radius 3 is 2.61 bits per heavy atom. The Hall–Kier alpha value is -1.31. The fraction of sp³-hybridized carbons (Fsp3) is 0.300. The molecule has 0 unspecified atom stereocenters. The maximum atomic E-state index is 11.5. The fourth-order valence-electron chi connectivity index (χ4n) is 1.15.